The summed E-state index contributed by atoms with van der Waals surface area (Å²) in [5, 5.41) is 19.4. The van der Waals surface area contributed by atoms with E-state index in [-0.39, 0.29) is 0 Å². The summed E-state index contributed by atoms with van der Waals surface area (Å²) in [7, 11) is 2.76. The number of anilines is 3. The van der Waals surface area contributed by atoms with Crippen LogP contribution in [0.2, 0.25) is 5.02 Å². The largest absolute Gasteiger partial charge is 0.400 e. The summed E-state index contributed by atoms with van der Waals surface area (Å²) in [6.45, 7) is 0.790. The second-order valence-corrected chi connectivity index (χ2v) is 8.19. The minimum Gasteiger partial charge on any atom is -0.400 e. The van der Waals surface area contributed by atoms with Gasteiger partial charge in [-0.05, 0) is 42.9 Å². The van der Waals surface area contributed by atoms with Crippen LogP contribution in [0.25, 0.3) is 10.2 Å². The van der Waals surface area contributed by atoms with Crippen LogP contribution in [-0.2, 0) is 17.6 Å². The van der Waals surface area contributed by atoms with Crippen molar-refractivity contribution < 1.29 is 9.84 Å². The number of hydrogen-bond acceptors (Lipinski definition) is 8. The first-order valence-electron chi connectivity index (χ1n) is 9.16. The first-order chi connectivity index (χ1) is 14.1. The Bertz CT molecular complexity index is 1020. The standard InChI is InChI=1S/C19H20ClN5OS.CH4O/c1-26-8-10-2-3-12-16(4-10)27-19-17(12)18(23-9-24-19)25-15-5-11(7-21)14(22)6-13(15)20;1-2/h5-7,9-10,21H,2-4,8,22H2,1H3,(H,23,24,25);2H,1H3. The molecule has 0 radical (unpaired) electrons. The van der Waals surface area contributed by atoms with Gasteiger partial charge in [-0.3, -0.25) is 0 Å². The number of nitrogens with one attached hydrogen (secondary N) is 2. The number of fused-ring (bicyclic) bond motifs is 3. The Morgan fingerprint density at radius 2 is 2.21 bits per heavy atom. The topological polar surface area (TPSA) is 117 Å². The molecule has 0 fully saturated rings. The zero-order valence-electron chi connectivity index (χ0n) is 16.3. The van der Waals surface area contributed by atoms with E-state index in [9.17, 15) is 0 Å². The van der Waals surface area contributed by atoms with Gasteiger partial charge in [-0.25, -0.2) is 9.97 Å². The highest BCUT2D eigenvalue weighted by molar-refractivity contribution is 7.19. The first-order valence-corrected chi connectivity index (χ1v) is 10.4. The Balaban J connectivity index is 0.00000117. The summed E-state index contributed by atoms with van der Waals surface area (Å²) >= 11 is 8.09. The van der Waals surface area contributed by atoms with Crippen LogP contribution in [0.4, 0.5) is 17.2 Å². The number of aliphatic hydroxyl groups excluding tert-OH is 1. The van der Waals surface area contributed by atoms with Crippen LogP contribution >= 0.6 is 22.9 Å². The number of ether oxygens (including phenoxy) is 1. The zero-order valence-corrected chi connectivity index (χ0v) is 17.9. The highest BCUT2D eigenvalue weighted by Crippen LogP contribution is 2.41. The summed E-state index contributed by atoms with van der Waals surface area (Å²) in [5.74, 6) is 1.30. The van der Waals surface area contributed by atoms with Crippen molar-refractivity contribution in [1.29, 1.82) is 5.41 Å². The molecular weight excluding hydrogens is 410 g/mol. The van der Waals surface area contributed by atoms with Gasteiger partial charge in [0.05, 0.1) is 16.1 Å². The van der Waals surface area contributed by atoms with Crippen LogP contribution < -0.4 is 11.1 Å². The maximum Gasteiger partial charge on any atom is 0.142 e. The average molecular weight is 434 g/mol. The van der Waals surface area contributed by atoms with Crippen molar-refractivity contribution in [2.24, 2.45) is 5.92 Å². The molecule has 0 saturated heterocycles. The fraction of sp³-hybridized carbons (Fsp3) is 0.350. The molecule has 29 heavy (non-hydrogen) atoms. The number of nitrogen functional groups attached to an aromatic ring is 1. The molecule has 1 aliphatic rings. The number of methoxy groups -OCH3 is 1. The molecule has 0 spiro atoms. The van der Waals surface area contributed by atoms with Crippen LogP contribution in [0.15, 0.2) is 18.5 Å². The third-order valence-corrected chi connectivity index (χ3v) is 6.41. The molecule has 1 aromatic carbocycles. The van der Waals surface area contributed by atoms with Gasteiger partial charge in [-0.15, -0.1) is 11.3 Å². The molecule has 1 unspecified atom stereocenters. The Hall–Kier alpha value is -2.26. The van der Waals surface area contributed by atoms with Crippen molar-refractivity contribution in [3.8, 4) is 0 Å². The number of benzene rings is 1. The molecule has 4 rings (SSSR count). The number of nitrogens with zero attached hydrogens (tertiary/aromatic N) is 2. The van der Waals surface area contributed by atoms with Gasteiger partial charge in [-0.2, -0.15) is 0 Å². The molecule has 1 atom stereocenters. The van der Waals surface area contributed by atoms with Gasteiger partial charge in [0.25, 0.3) is 0 Å². The van der Waals surface area contributed by atoms with Crippen molar-refractivity contribution in [3.63, 3.8) is 0 Å². The average Bonchev–Trinajstić information content (AvgIpc) is 3.10. The van der Waals surface area contributed by atoms with E-state index in [4.69, 9.17) is 32.6 Å². The monoisotopic (exact) mass is 433 g/mol. The molecule has 5 N–H and O–H groups in total. The van der Waals surface area contributed by atoms with Gasteiger partial charge in [0, 0.05) is 43.2 Å². The highest BCUT2D eigenvalue weighted by Gasteiger charge is 2.25. The molecule has 2 aromatic heterocycles. The second-order valence-electron chi connectivity index (χ2n) is 6.70. The predicted octanol–water partition coefficient (Wildman–Crippen LogP) is 4.03. The molecule has 1 aliphatic carbocycles. The smallest absolute Gasteiger partial charge is 0.142 e. The van der Waals surface area contributed by atoms with E-state index in [1.807, 2.05) is 0 Å². The minimum absolute atomic E-state index is 0.477. The molecule has 154 valence electrons. The summed E-state index contributed by atoms with van der Waals surface area (Å²) in [5.41, 5.74) is 8.99. The number of rotatable bonds is 5. The van der Waals surface area contributed by atoms with Crippen LogP contribution in [0.5, 0.6) is 0 Å². The number of aromatic nitrogens is 2. The molecule has 3 aromatic rings. The van der Waals surface area contributed by atoms with E-state index in [1.54, 1.807) is 36.9 Å². The maximum atomic E-state index is 7.51. The third kappa shape index (κ3) is 4.35. The van der Waals surface area contributed by atoms with Gasteiger partial charge in [-0.1, -0.05) is 11.6 Å². The Morgan fingerprint density at radius 1 is 1.41 bits per heavy atom. The molecule has 0 bridgehead atoms. The molecule has 0 amide bonds. The van der Waals surface area contributed by atoms with E-state index in [0.29, 0.717) is 27.9 Å². The van der Waals surface area contributed by atoms with Gasteiger partial charge in [0.2, 0.25) is 0 Å². The molecule has 2 heterocycles. The van der Waals surface area contributed by atoms with E-state index < -0.39 is 0 Å². The van der Waals surface area contributed by atoms with Gasteiger partial charge < -0.3 is 26.3 Å². The third-order valence-electron chi connectivity index (χ3n) is 4.93. The predicted molar refractivity (Wildman–Crippen MR) is 120 cm³/mol. The van der Waals surface area contributed by atoms with Crippen molar-refractivity contribution in [2.75, 3.05) is 31.9 Å². The van der Waals surface area contributed by atoms with Crippen molar-refractivity contribution in [2.45, 2.75) is 19.3 Å². The summed E-state index contributed by atoms with van der Waals surface area (Å²) in [6, 6.07) is 3.42. The normalized spacial score (nSPS) is 15.4. The molecular formula is C20H24ClN5O2S. The maximum absolute atomic E-state index is 7.51. The van der Waals surface area contributed by atoms with Crippen LogP contribution in [0.1, 0.15) is 22.4 Å². The lowest BCUT2D eigenvalue weighted by Gasteiger charge is -2.21. The van der Waals surface area contributed by atoms with Crippen LogP contribution in [-0.4, -0.2) is 42.1 Å². The fourth-order valence-electron chi connectivity index (χ4n) is 3.61. The van der Waals surface area contributed by atoms with Gasteiger partial charge in [0.1, 0.15) is 17.0 Å². The van der Waals surface area contributed by atoms with E-state index in [0.717, 1.165) is 49.0 Å². The van der Waals surface area contributed by atoms with Crippen molar-refractivity contribution in [3.05, 3.63) is 39.5 Å². The summed E-state index contributed by atoms with van der Waals surface area (Å²) in [6.07, 6.45) is 5.90. The van der Waals surface area contributed by atoms with Gasteiger partial charge >= 0.3 is 0 Å². The quantitative estimate of drug-likeness (QED) is 0.356. The number of thiophene rings is 1. The Morgan fingerprint density at radius 3 is 2.93 bits per heavy atom. The fourth-order valence-corrected chi connectivity index (χ4v) is 5.13. The second kappa shape index (κ2) is 9.49. The Kier molecular flexibility index (Phi) is 7.02. The molecule has 9 heteroatoms. The number of aryl methyl sites for hydroxylation is 1. The van der Waals surface area contributed by atoms with E-state index in [1.165, 1.54) is 16.7 Å². The lowest BCUT2D eigenvalue weighted by molar-refractivity contribution is 0.145. The summed E-state index contributed by atoms with van der Waals surface area (Å²) < 4.78 is 5.34. The SMILES string of the molecule is CO.COCC1CCc2c(sc3ncnc(Nc4cc(C=N)c(N)cc4Cl)c23)C1. The lowest BCUT2D eigenvalue weighted by atomic mass is 9.88. The van der Waals surface area contributed by atoms with Crippen LogP contribution in [0, 0.1) is 11.3 Å². The first kappa shape index (κ1) is 21.4. The zero-order chi connectivity index (χ0) is 21.0. The van der Waals surface area contributed by atoms with Crippen molar-refractivity contribution in [1.82, 2.24) is 9.97 Å². The van der Waals surface area contributed by atoms with E-state index >= 15 is 0 Å². The summed E-state index contributed by atoms with van der Waals surface area (Å²) in [4.78, 5) is 11.3. The number of nitrogens with two attached hydrogens (primary N) is 1. The molecule has 7 nitrogen and oxygen atoms in total. The number of hydrogen-bond donors (Lipinski definition) is 4. The van der Waals surface area contributed by atoms with E-state index in [2.05, 4.69) is 15.3 Å². The number of aliphatic hydroxyl groups is 1. The van der Waals surface area contributed by atoms with Crippen LogP contribution in [0.3, 0.4) is 0 Å². The lowest BCUT2D eigenvalue weighted by Crippen LogP contribution is -2.17. The van der Waals surface area contributed by atoms with Gasteiger partial charge in [0.15, 0.2) is 0 Å². The number of halogens is 1. The highest BCUT2D eigenvalue weighted by atomic mass is 35.5. The minimum atomic E-state index is 0.477. The Labute approximate surface area is 178 Å². The molecule has 0 saturated carbocycles. The van der Waals surface area contributed by atoms with Crippen molar-refractivity contribution >= 4 is 56.6 Å². The molecule has 0 aliphatic heterocycles.